The molecule has 1 aliphatic rings. The molecule has 108 valence electrons. The zero-order valence-electron chi connectivity index (χ0n) is 11.6. The van der Waals surface area contributed by atoms with Crippen molar-refractivity contribution in [2.24, 2.45) is 0 Å². The van der Waals surface area contributed by atoms with E-state index in [1.165, 1.54) is 6.42 Å². The molecular formula is C14H23NO4. The quantitative estimate of drug-likeness (QED) is 0.457. The van der Waals surface area contributed by atoms with Crippen LogP contribution in [0.1, 0.15) is 45.4 Å². The molecule has 1 N–H and O–H groups in total. The first kappa shape index (κ1) is 15.5. The van der Waals surface area contributed by atoms with E-state index in [4.69, 9.17) is 9.47 Å². The highest BCUT2D eigenvalue weighted by Crippen LogP contribution is 2.20. The van der Waals surface area contributed by atoms with Crippen LogP contribution in [-0.4, -0.2) is 31.3 Å². The summed E-state index contributed by atoms with van der Waals surface area (Å²) in [6, 6.07) is 0. The molecule has 0 aromatic rings. The van der Waals surface area contributed by atoms with Crippen molar-refractivity contribution in [2.75, 3.05) is 13.2 Å². The number of hydrogen-bond donors (Lipinski definition) is 1. The van der Waals surface area contributed by atoms with Crippen LogP contribution < -0.4 is 5.32 Å². The number of carbonyl (C=O) groups is 2. The third kappa shape index (κ3) is 6.84. The Morgan fingerprint density at radius 2 is 1.95 bits per heavy atom. The van der Waals surface area contributed by atoms with Gasteiger partial charge in [-0.2, -0.15) is 0 Å². The summed E-state index contributed by atoms with van der Waals surface area (Å²) in [6.07, 6.45) is 5.68. The van der Waals surface area contributed by atoms with E-state index >= 15 is 0 Å². The van der Waals surface area contributed by atoms with Crippen molar-refractivity contribution in [1.82, 2.24) is 5.32 Å². The maximum atomic E-state index is 11.5. The molecule has 0 spiro atoms. The van der Waals surface area contributed by atoms with Gasteiger partial charge in [0.2, 0.25) is 0 Å². The van der Waals surface area contributed by atoms with Gasteiger partial charge in [-0.1, -0.05) is 13.0 Å². The molecule has 1 amide bonds. The average Bonchev–Trinajstić information content (AvgIpc) is 2.39. The summed E-state index contributed by atoms with van der Waals surface area (Å²) in [7, 11) is 0. The van der Waals surface area contributed by atoms with Crippen LogP contribution in [0.15, 0.2) is 12.2 Å². The lowest BCUT2D eigenvalue weighted by Gasteiger charge is -2.21. The van der Waals surface area contributed by atoms with Crippen LogP contribution in [0.2, 0.25) is 0 Å². The zero-order valence-corrected chi connectivity index (χ0v) is 11.6. The number of ether oxygens (including phenoxy) is 2. The number of carbonyl (C=O) groups excluding carboxylic acids is 2. The SMILES string of the molecule is C=C(C)C(=O)OCCCNC(=O)OC1CCCCC1. The van der Waals surface area contributed by atoms with Crippen LogP contribution >= 0.6 is 0 Å². The molecule has 5 nitrogen and oxygen atoms in total. The van der Waals surface area contributed by atoms with Gasteiger partial charge >= 0.3 is 12.1 Å². The number of esters is 1. The molecule has 0 aromatic heterocycles. The fourth-order valence-corrected chi connectivity index (χ4v) is 1.93. The lowest BCUT2D eigenvalue weighted by Crippen LogP contribution is -2.31. The van der Waals surface area contributed by atoms with Crippen LogP contribution in [0.4, 0.5) is 4.79 Å². The molecule has 0 bridgehead atoms. The summed E-state index contributed by atoms with van der Waals surface area (Å²) in [5, 5.41) is 2.66. The van der Waals surface area contributed by atoms with Gasteiger partial charge in [-0.05, 0) is 39.0 Å². The van der Waals surface area contributed by atoms with E-state index in [1.807, 2.05) is 0 Å². The maximum absolute atomic E-state index is 11.5. The molecule has 1 aliphatic carbocycles. The molecule has 5 heteroatoms. The summed E-state index contributed by atoms with van der Waals surface area (Å²) in [4.78, 5) is 22.5. The lowest BCUT2D eigenvalue weighted by atomic mass is 9.98. The Morgan fingerprint density at radius 1 is 1.26 bits per heavy atom. The summed E-state index contributed by atoms with van der Waals surface area (Å²) < 4.78 is 10.2. The van der Waals surface area contributed by atoms with Gasteiger partial charge in [0.15, 0.2) is 0 Å². The fraction of sp³-hybridized carbons (Fsp3) is 0.714. The Balaban J connectivity index is 2.00. The van der Waals surface area contributed by atoms with Crippen LogP contribution in [0.3, 0.4) is 0 Å². The topological polar surface area (TPSA) is 64.6 Å². The van der Waals surface area contributed by atoms with Crippen LogP contribution in [0.25, 0.3) is 0 Å². The molecular weight excluding hydrogens is 246 g/mol. The summed E-state index contributed by atoms with van der Waals surface area (Å²) >= 11 is 0. The molecule has 0 aliphatic heterocycles. The Labute approximate surface area is 114 Å². The van der Waals surface area contributed by atoms with E-state index in [2.05, 4.69) is 11.9 Å². The average molecular weight is 269 g/mol. The third-order valence-electron chi connectivity index (χ3n) is 3.00. The third-order valence-corrected chi connectivity index (χ3v) is 3.00. The number of alkyl carbamates (subject to hydrolysis) is 1. The van der Waals surface area contributed by atoms with Gasteiger partial charge in [0.1, 0.15) is 6.10 Å². The first-order chi connectivity index (χ1) is 9.09. The van der Waals surface area contributed by atoms with Crippen LogP contribution in [0, 0.1) is 0 Å². The predicted octanol–water partition coefficient (Wildman–Crippen LogP) is 2.55. The Bertz CT molecular complexity index is 321. The van der Waals surface area contributed by atoms with Gasteiger partial charge in [0, 0.05) is 12.1 Å². The predicted molar refractivity (Wildman–Crippen MR) is 71.7 cm³/mol. The molecule has 0 atom stereocenters. The van der Waals surface area contributed by atoms with Crippen molar-refractivity contribution in [1.29, 1.82) is 0 Å². The van der Waals surface area contributed by atoms with Crippen molar-refractivity contribution in [3.63, 3.8) is 0 Å². The highest BCUT2D eigenvalue weighted by molar-refractivity contribution is 5.86. The number of rotatable bonds is 6. The minimum atomic E-state index is -0.398. The molecule has 1 rings (SSSR count). The Morgan fingerprint density at radius 3 is 2.58 bits per heavy atom. The Hall–Kier alpha value is -1.52. The first-order valence-electron chi connectivity index (χ1n) is 6.86. The van der Waals surface area contributed by atoms with Gasteiger partial charge in [0.05, 0.1) is 6.61 Å². The highest BCUT2D eigenvalue weighted by atomic mass is 16.6. The minimum absolute atomic E-state index is 0.0648. The van der Waals surface area contributed by atoms with E-state index in [1.54, 1.807) is 6.92 Å². The van der Waals surface area contributed by atoms with E-state index in [0.717, 1.165) is 25.7 Å². The zero-order chi connectivity index (χ0) is 14.1. The molecule has 1 saturated carbocycles. The Kier molecular flexibility index (Phi) is 7.00. The molecule has 0 heterocycles. The van der Waals surface area contributed by atoms with E-state index in [9.17, 15) is 9.59 Å². The normalized spacial score (nSPS) is 15.6. The largest absolute Gasteiger partial charge is 0.462 e. The monoisotopic (exact) mass is 269 g/mol. The second-order valence-corrected chi connectivity index (χ2v) is 4.86. The lowest BCUT2D eigenvalue weighted by molar-refractivity contribution is -0.138. The van der Waals surface area contributed by atoms with Crippen LogP contribution in [-0.2, 0) is 14.3 Å². The fourth-order valence-electron chi connectivity index (χ4n) is 1.93. The van der Waals surface area contributed by atoms with Crippen LogP contribution in [0.5, 0.6) is 0 Å². The van der Waals surface area contributed by atoms with E-state index in [-0.39, 0.29) is 18.8 Å². The van der Waals surface area contributed by atoms with Gasteiger partial charge in [-0.25, -0.2) is 9.59 Å². The number of nitrogens with one attached hydrogen (secondary N) is 1. The van der Waals surface area contributed by atoms with Gasteiger partial charge in [0.25, 0.3) is 0 Å². The summed E-state index contributed by atoms with van der Waals surface area (Å²) in [5.74, 6) is -0.398. The smallest absolute Gasteiger partial charge is 0.407 e. The second-order valence-electron chi connectivity index (χ2n) is 4.86. The highest BCUT2D eigenvalue weighted by Gasteiger charge is 2.17. The molecule has 0 saturated heterocycles. The van der Waals surface area contributed by atoms with Crippen molar-refractivity contribution < 1.29 is 19.1 Å². The summed E-state index contributed by atoms with van der Waals surface area (Å²) in [5.41, 5.74) is 0.379. The molecule has 1 fully saturated rings. The second kappa shape index (κ2) is 8.56. The maximum Gasteiger partial charge on any atom is 0.407 e. The first-order valence-corrected chi connectivity index (χ1v) is 6.86. The number of amides is 1. The number of hydrogen-bond acceptors (Lipinski definition) is 4. The summed E-state index contributed by atoms with van der Waals surface area (Å²) in [6.45, 7) is 5.79. The van der Waals surface area contributed by atoms with E-state index in [0.29, 0.717) is 18.5 Å². The molecule has 0 aromatic carbocycles. The molecule has 19 heavy (non-hydrogen) atoms. The van der Waals surface area contributed by atoms with Gasteiger partial charge in [-0.15, -0.1) is 0 Å². The molecule has 0 radical (unpaired) electrons. The van der Waals surface area contributed by atoms with Crippen molar-refractivity contribution >= 4 is 12.1 Å². The van der Waals surface area contributed by atoms with Gasteiger partial charge < -0.3 is 14.8 Å². The van der Waals surface area contributed by atoms with Crippen molar-refractivity contribution in [3.8, 4) is 0 Å². The minimum Gasteiger partial charge on any atom is -0.462 e. The van der Waals surface area contributed by atoms with Crippen molar-refractivity contribution in [2.45, 2.75) is 51.6 Å². The standard InChI is InChI=1S/C14H23NO4/c1-11(2)13(16)18-10-6-9-15-14(17)19-12-7-4-3-5-8-12/h12H,1,3-10H2,2H3,(H,15,17). The van der Waals surface area contributed by atoms with Gasteiger partial charge in [-0.3, -0.25) is 0 Å². The van der Waals surface area contributed by atoms with E-state index < -0.39 is 5.97 Å². The molecule has 0 unspecified atom stereocenters. The van der Waals surface area contributed by atoms with Crippen molar-refractivity contribution in [3.05, 3.63) is 12.2 Å².